The molecule has 1 unspecified atom stereocenters. The summed E-state index contributed by atoms with van der Waals surface area (Å²) in [5.41, 5.74) is 5.34. The van der Waals surface area contributed by atoms with Crippen LogP contribution in [-0.4, -0.2) is 16.3 Å². The smallest absolute Gasteiger partial charge is 0.159 e. The van der Waals surface area contributed by atoms with Crippen LogP contribution in [0.25, 0.3) is 0 Å². The van der Waals surface area contributed by atoms with Crippen molar-refractivity contribution in [2.45, 2.75) is 17.1 Å². The summed E-state index contributed by atoms with van der Waals surface area (Å²) in [6.45, 7) is 1.70. The minimum atomic E-state index is -0.910. The van der Waals surface area contributed by atoms with E-state index in [4.69, 9.17) is 10.9 Å². The zero-order valence-corrected chi connectivity index (χ0v) is 8.76. The van der Waals surface area contributed by atoms with E-state index < -0.39 is 11.6 Å². The Kier molecular flexibility index (Phi) is 3.90. The molecular formula is C9H10F2N2OS. The lowest BCUT2D eigenvalue weighted by Gasteiger charge is -2.08. The van der Waals surface area contributed by atoms with Crippen molar-refractivity contribution in [3.63, 3.8) is 0 Å². The molecule has 0 saturated carbocycles. The first kappa shape index (κ1) is 11.8. The van der Waals surface area contributed by atoms with Gasteiger partial charge in [0, 0.05) is 4.90 Å². The van der Waals surface area contributed by atoms with E-state index in [0.29, 0.717) is 4.90 Å². The highest BCUT2D eigenvalue weighted by Crippen LogP contribution is 2.24. The van der Waals surface area contributed by atoms with Crippen molar-refractivity contribution in [2.24, 2.45) is 10.9 Å². The fourth-order valence-corrected chi connectivity index (χ4v) is 1.79. The molecule has 0 spiro atoms. The predicted octanol–water partition coefficient (Wildman–Crippen LogP) is 2.19. The van der Waals surface area contributed by atoms with Crippen LogP contribution in [0.1, 0.15) is 6.92 Å². The third kappa shape index (κ3) is 3.09. The van der Waals surface area contributed by atoms with Crippen molar-refractivity contribution in [1.82, 2.24) is 0 Å². The van der Waals surface area contributed by atoms with E-state index in [9.17, 15) is 8.78 Å². The molecule has 3 nitrogen and oxygen atoms in total. The molecule has 0 aromatic heterocycles. The number of hydrogen-bond acceptors (Lipinski definition) is 3. The summed E-state index contributed by atoms with van der Waals surface area (Å²) in [5.74, 6) is -1.77. The van der Waals surface area contributed by atoms with E-state index in [-0.39, 0.29) is 11.1 Å². The molecule has 1 atom stereocenters. The summed E-state index contributed by atoms with van der Waals surface area (Å²) >= 11 is 1.18. The Labute approximate surface area is 90.0 Å². The Hall–Kier alpha value is -1.30. The number of rotatable bonds is 3. The highest BCUT2D eigenvalue weighted by Gasteiger charge is 2.11. The van der Waals surface area contributed by atoms with Crippen molar-refractivity contribution in [3.05, 3.63) is 29.8 Å². The van der Waals surface area contributed by atoms with Crippen LogP contribution in [0.2, 0.25) is 0 Å². The van der Waals surface area contributed by atoms with Gasteiger partial charge in [0.15, 0.2) is 17.5 Å². The minimum absolute atomic E-state index is 0.0322. The molecule has 1 aromatic rings. The Morgan fingerprint density at radius 2 is 2.13 bits per heavy atom. The highest BCUT2D eigenvalue weighted by atomic mass is 32.2. The Morgan fingerprint density at radius 3 is 2.67 bits per heavy atom. The van der Waals surface area contributed by atoms with Crippen LogP contribution in [0.4, 0.5) is 8.78 Å². The zero-order chi connectivity index (χ0) is 11.4. The van der Waals surface area contributed by atoms with Gasteiger partial charge in [0.05, 0.1) is 5.25 Å². The first-order valence-corrected chi connectivity index (χ1v) is 5.01. The van der Waals surface area contributed by atoms with Crippen LogP contribution in [0.15, 0.2) is 28.3 Å². The first-order chi connectivity index (χ1) is 7.04. The molecule has 6 heteroatoms. The van der Waals surface area contributed by atoms with Gasteiger partial charge in [-0.25, -0.2) is 8.78 Å². The highest BCUT2D eigenvalue weighted by molar-refractivity contribution is 8.00. The maximum atomic E-state index is 12.8. The Balaban J connectivity index is 2.77. The summed E-state index contributed by atoms with van der Waals surface area (Å²) in [7, 11) is 0. The number of hydrogen-bond donors (Lipinski definition) is 2. The van der Waals surface area contributed by atoms with E-state index in [1.807, 2.05) is 0 Å². The molecule has 0 radical (unpaired) electrons. The zero-order valence-electron chi connectivity index (χ0n) is 7.95. The Bertz CT molecular complexity index is 384. The quantitative estimate of drug-likeness (QED) is 0.276. The number of halogens is 2. The standard InChI is InChI=1S/C9H10F2N2OS/c1-5(9(12)13-14)15-6-2-3-7(10)8(11)4-6/h2-5,14H,1H3,(H2,12,13). The summed E-state index contributed by atoms with van der Waals surface area (Å²) in [4.78, 5) is 0.521. The van der Waals surface area contributed by atoms with Crippen LogP contribution in [0.3, 0.4) is 0 Å². The first-order valence-electron chi connectivity index (χ1n) is 4.13. The second kappa shape index (κ2) is 4.97. The van der Waals surface area contributed by atoms with Gasteiger partial charge in [0.1, 0.15) is 0 Å². The van der Waals surface area contributed by atoms with Gasteiger partial charge in [-0.05, 0) is 25.1 Å². The molecule has 0 saturated heterocycles. The molecule has 0 bridgehead atoms. The Morgan fingerprint density at radius 1 is 1.47 bits per heavy atom. The van der Waals surface area contributed by atoms with E-state index in [2.05, 4.69) is 5.16 Å². The number of nitrogens with two attached hydrogens (primary N) is 1. The van der Waals surface area contributed by atoms with Crippen molar-refractivity contribution >= 4 is 17.6 Å². The molecule has 0 aliphatic heterocycles. The summed E-state index contributed by atoms with van der Waals surface area (Å²) in [5, 5.41) is 10.9. The third-order valence-corrected chi connectivity index (χ3v) is 2.86. The normalized spacial score (nSPS) is 13.9. The molecule has 3 N–H and O–H groups in total. The lowest BCUT2D eigenvalue weighted by Crippen LogP contribution is -2.23. The average molecular weight is 232 g/mol. The van der Waals surface area contributed by atoms with E-state index in [1.54, 1.807) is 6.92 Å². The molecule has 0 aliphatic carbocycles. The van der Waals surface area contributed by atoms with Crippen molar-refractivity contribution in [3.8, 4) is 0 Å². The van der Waals surface area contributed by atoms with Crippen molar-refractivity contribution in [1.29, 1.82) is 0 Å². The third-order valence-electron chi connectivity index (χ3n) is 1.74. The SMILES string of the molecule is CC(Sc1ccc(F)c(F)c1)C(N)=NO. The molecule has 1 rings (SSSR count). The van der Waals surface area contributed by atoms with E-state index in [0.717, 1.165) is 12.1 Å². The topological polar surface area (TPSA) is 58.6 Å². The molecule has 1 aromatic carbocycles. The van der Waals surface area contributed by atoms with E-state index in [1.165, 1.54) is 17.8 Å². The second-order valence-electron chi connectivity index (χ2n) is 2.86. The van der Waals surface area contributed by atoms with Crippen molar-refractivity contribution in [2.75, 3.05) is 0 Å². The van der Waals surface area contributed by atoms with Gasteiger partial charge in [-0.3, -0.25) is 0 Å². The maximum absolute atomic E-state index is 12.8. The molecule has 15 heavy (non-hydrogen) atoms. The van der Waals surface area contributed by atoms with Crippen LogP contribution < -0.4 is 5.73 Å². The lowest BCUT2D eigenvalue weighted by molar-refractivity contribution is 0.317. The fourth-order valence-electron chi connectivity index (χ4n) is 0.896. The van der Waals surface area contributed by atoms with Gasteiger partial charge >= 0.3 is 0 Å². The lowest BCUT2D eigenvalue weighted by atomic mass is 10.3. The van der Waals surface area contributed by atoms with Crippen LogP contribution >= 0.6 is 11.8 Å². The number of oxime groups is 1. The van der Waals surface area contributed by atoms with Gasteiger partial charge < -0.3 is 10.9 Å². The average Bonchev–Trinajstić information content (AvgIpc) is 2.22. The minimum Gasteiger partial charge on any atom is -0.409 e. The molecular weight excluding hydrogens is 222 g/mol. The largest absolute Gasteiger partial charge is 0.409 e. The summed E-state index contributed by atoms with van der Waals surface area (Å²) < 4.78 is 25.4. The number of thioether (sulfide) groups is 1. The summed E-state index contributed by atoms with van der Waals surface area (Å²) in [6, 6.07) is 3.54. The van der Waals surface area contributed by atoms with Gasteiger partial charge in [-0.2, -0.15) is 0 Å². The monoisotopic (exact) mass is 232 g/mol. The molecule has 0 aliphatic rings. The fraction of sp³-hybridized carbons (Fsp3) is 0.222. The van der Waals surface area contributed by atoms with Gasteiger partial charge in [0.2, 0.25) is 0 Å². The molecule has 82 valence electrons. The van der Waals surface area contributed by atoms with Crippen LogP contribution in [-0.2, 0) is 0 Å². The second-order valence-corrected chi connectivity index (χ2v) is 4.28. The summed E-state index contributed by atoms with van der Waals surface area (Å²) in [6.07, 6.45) is 0. The number of nitrogens with zero attached hydrogens (tertiary/aromatic N) is 1. The predicted molar refractivity (Wildman–Crippen MR) is 55.1 cm³/mol. The van der Waals surface area contributed by atoms with Gasteiger partial charge in [0.25, 0.3) is 0 Å². The van der Waals surface area contributed by atoms with E-state index >= 15 is 0 Å². The van der Waals surface area contributed by atoms with Gasteiger partial charge in [-0.1, -0.05) is 5.16 Å². The van der Waals surface area contributed by atoms with Crippen molar-refractivity contribution < 1.29 is 14.0 Å². The molecule has 0 amide bonds. The van der Waals surface area contributed by atoms with Gasteiger partial charge in [-0.15, -0.1) is 11.8 Å². The maximum Gasteiger partial charge on any atom is 0.159 e. The molecule has 0 fully saturated rings. The molecule has 0 heterocycles. The number of benzene rings is 1. The number of amidine groups is 1. The van der Waals surface area contributed by atoms with Crippen LogP contribution in [0.5, 0.6) is 0 Å². The van der Waals surface area contributed by atoms with Crippen LogP contribution in [0, 0.1) is 11.6 Å².